The average molecular weight is 367 g/mol. The Balaban J connectivity index is 4.19. The second kappa shape index (κ2) is 21.3. The third-order valence-electron chi connectivity index (χ3n) is 6.36. The van der Waals surface area contributed by atoms with Crippen molar-refractivity contribution in [3.63, 3.8) is 0 Å². The lowest BCUT2D eigenvalue weighted by molar-refractivity contribution is 0.242. The summed E-state index contributed by atoms with van der Waals surface area (Å²) in [5.74, 6) is 2.05. The molecule has 0 rings (SSSR count). The summed E-state index contributed by atoms with van der Waals surface area (Å²) >= 11 is 0. The van der Waals surface area contributed by atoms with Crippen LogP contribution in [0.4, 0.5) is 0 Å². The molecule has 0 nitrogen and oxygen atoms in total. The molecule has 0 heteroatoms. The second-order valence-corrected chi connectivity index (χ2v) is 8.92. The molecule has 158 valence electrons. The zero-order valence-corrected chi connectivity index (χ0v) is 19.3. The minimum atomic E-state index is 1.02. The van der Waals surface area contributed by atoms with Gasteiger partial charge in [-0.2, -0.15) is 0 Å². The maximum Gasteiger partial charge on any atom is -0.0386 e. The molecule has 0 N–H and O–H groups in total. The molecule has 0 saturated heterocycles. The van der Waals surface area contributed by atoms with Crippen molar-refractivity contribution in [2.75, 3.05) is 0 Å². The zero-order valence-electron chi connectivity index (χ0n) is 19.3. The SMILES string of the molecule is CCCCCCCCCC(CCCCCCCC)C(CCC)CCCC. The molecule has 0 fully saturated rings. The van der Waals surface area contributed by atoms with Gasteiger partial charge in [-0.05, 0) is 11.8 Å². The Labute approximate surface area is 168 Å². The number of hydrogen-bond donors (Lipinski definition) is 0. The van der Waals surface area contributed by atoms with Crippen molar-refractivity contribution in [3.05, 3.63) is 0 Å². The van der Waals surface area contributed by atoms with Crippen LogP contribution in [0.3, 0.4) is 0 Å². The summed E-state index contributed by atoms with van der Waals surface area (Å²) < 4.78 is 0. The predicted octanol–water partition coefficient (Wildman–Crippen LogP) is 10.1. The van der Waals surface area contributed by atoms with Gasteiger partial charge in [0.05, 0.1) is 0 Å². The Morgan fingerprint density at radius 1 is 0.308 bits per heavy atom. The van der Waals surface area contributed by atoms with E-state index in [0.717, 1.165) is 11.8 Å². The van der Waals surface area contributed by atoms with E-state index in [0.29, 0.717) is 0 Å². The molecule has 0 aliphatic heterocycles. The summed E-state index contributed by atoms with van der Waals surface area (Å²) in [4.78, 5) is 0. The predicted molar refractivity (Wildman–Crippen MR) is 122 cm³/mol. The van der Waals surface area contributed by atoms with Crippen molar-refractivity contribution in [2.45, 2.75) is 156 Å². The van der Waals surface area contributed by atoms with E-state index in [9.17, 15) is 0 Å². The molecule has 0 saturated carbocycles. The normalized spacial score (nSPS) is 13.8. The summed E-state index contributed by atoms with van der Waals surface area (Å²) in [6, 6.07) is 0. The molecule has 0 aromatic rings. The van der Waals surface area contributed by atoms with E-state index in [-0.39, 0.29) is 0 Å². The van der Waals surface area contributed by atoms with Gasteiger partial charge in [-0.1, -0.05) is 156 Å². The Morgan fingerprint density at radius 2 is 0.654 bits per heavy atom. The highest BCUT2D eigenvalue weighted by atomic mass is 14.3. The fourth-order valence-corrected chi connectivity index (χ4v) is 4.62. The molecule has 0 spiro atoms. The minimum absolute atomic E-state index is 1.02. The lowest BCUT2D eigenvalue weighted by Gasteiger charge is -2.27. The summed E-state index contributed by atoms with van der Waals surface area (Å²) in [6.07, 6.45) is 29.2. The van der Waals surface area contributed by atoms with Crippen molar-refractivity contribution in [2.24, 2.45) is 11.8 Å². The molecular formula is C26H54. The average Bonchev–Trinajstić information content (AvgIpc) is 2.65. The Bertz CT molecular complexity index is 244. The Kier molecular flexibility index (Phi) is 21.3. The third-order valence-corrected chi connectivity index (χ3v) is 6.36. The van der Waals surface area contributed by atoms with Crippen LogP contribution in [0.1, 0.15) is 156 Å². The van der Waals surface area contributed by atoms with E-state index in [1.165, 1.54) is 128 Å². The van der Waals surface area contributed by atoms with Crippen LogP contribution in [0.15, 0.2) is 0 Å². The van der Waals surface area contributed by atoms with E-state index in [1.54, 1.807) is 0 Å². The first-order valence-electron chi connectivity index (χ1n) is 12.8. The zero-order chi connectivity index (χ0) is 19.3. The highest BCUT2D eigenvalue weighted by Gasteiger charge is 2.19. The summed E-state index contributed by atoms with van der Waals surface area (Å²) in [5.41, 5.74) is 0. The van der Waals surface area contributed by atoms with Gasteiger partial charge in [0.25, 0.3) is 0 Å². The van der Waals surface area contributed by atoms with Crippen molar-refractivity contribution in [3.8, 4) is 0 Å². The first kappa shape index (κ1) is 26.0. The largest absolute Gasteiger partial charge is 0.0654 e. The highest BCUT2D eigenvalue weighted by molar-refractivity contribution is 4.71. The third kappa shape index (κ3) is 16.2. The molecule has 2 atom stereocenters. The monoisotopic (exact) mass is 366 g/mol. The molecular weight excluding hydrogens is 312 g/mol. The molecule has 26 heavy (non-hydrogen) atoms. The van der Waals surface area contributed by atoms with Gasteiger partial charge in [-0.3, -0.25) is 0 Å². The van der Waals surface area contributed by atoms with Crippen molar-refractivity contribution >= 4 is 0 Å². The summed E-state index contributed by atoms with van der Waals surface area (Å²) in [5, 5.41) is 0. The van der Waals surface area contributed by atoms with Crippen LogP contribution in [0.25, 0.3) is 0 Å². The van der Waals surface area contributed by atoms with Gasteiger partial charge in [0.15, 0.2) is 0 Å². The molecule has 0 aliphatic carbocycles. The van der Waals surface area contributed by atoms with Crippen molar-refractivity contribution in [1.29, 1.82) is 0 Å². The van der Waals surface area contributed by atoms with E-state index < -0.39 is 0 Å². The molecule has 0 bridgehead atoms. The maximum absolute atomic E-state index is 2.40. The van der Waals surface area contributed by atoms with Crippen LogP contribution >= 0.6 is 0 Å². The Morgan fingerprint density at radius 3 is 1.08 bits per heavy atom. The molecule has 2 unspecified atom stereocenters. The van der Waals surface area contributed by atoms with Crippen LogP contribution < -0.4 is 0 Å². The molecule has 0 aromatic carbocycles. The van der Waals surface area contributed by atoms with E-state index in [4.69, 9.17) is 0 Å². The van der Waals surface area contributed by atoms with Crippen LogP contribution in [-0.4, -0.2) is 0 Å². The van der Waals surface area contributed by atoms with E-state index in [2.05, 4.69) is 27.7 Å². The molecule has 0 heterocycles. The van der Waals surface area contributed by atoms with Crippen LogP contribution in [0.5, 0.6) is 0 Å². The minimum Gasteiger partial charge on any atom is -0.0654 e. The molecule has 0 aliphatic rings. The fourth-order valence-electron chi connectivity index (χ4n) is 4.62. The van der Waals surface area contributed by atoms with Gasteiger partial charge in [-0.25, -0.2) is 0 Å². The first-order valence-corrected chi connectivity index (χ1v) is 12.8. The van der Waals surface area contributed by atoms with Crippen LogP contribution in [-0.2, 0) is 0 Å². The lowest BCUT2D eigenvalue weighted by Crippen LogP contribution is -2.15. The van der Waals surface area contributed by atoms with Crippen LogP contribution in [0, 0.1) is 11.8 Å². The molecule has 0 amide bonds. The smallest absolute Gasteiger partial charge is 0.0386 e. The quantitative estimate of drug-likeness (QED) is 0.177. The van der Waals surface area contributed by atoms with Gasteiger partial charge < -0.3 is 0 Å². The summed E-state index contributed by atoms with van der Waals surface area (Å²) in [6.45, 7) is 9.40. The Hall–Kier alpha value is 0. The van der Waals surface area contributed by atoms with Gasteiger partial charge in [0.1, 0.15) is 0 Å². The molecule has 0 radical (unpaired) electrons. The lowest BCUT2D eigenvalue weighted by atomic mass is 9.78. The van der Waals surface area contributed by atoms with Gasteiger partial charge >= 0.3 is 0 Å². The number of unbranched alkanes of at least 4 members (excludes halogenated alkanes) is 12. The summed E-state index contributed by atoms with van der Waals surface area (Å²) in [7, 11) is 0. The van der Waals surface area contributed by atoms with Crippen LogP contribution in [0.2, 0.25) is 0 Å². The number of rotatable bonds is 21. The fraction of sp³-hybridized carbons (Fsp3) is 1.00. The highest BCUT2D eigenvalue weighted by Crippen LogP contribution is 2.32. The van der Waals surface area contributed by atoms with Gasteiger partial charge in [0, 0.05) is 0 Å². The van der Waals surface area contributed by atoms with Gasteiger partial charge in [0.2, 0.25) is 0 Å². The van der Waals surface area contributed by atoms with E-state index in [1.807, 2.05) is 0 Å². The number of hydrogen-bond acceptors (Lipinski definition) is 0. The second-order valence-electron chi connectivity index (χ2n) is 8.92. The first-order chi connectivity index (χ1) is 12.8. The maximum atomic E-state index is 2.40. The van der Waals surface area contributed by atoms with Gasteiger partial charge in [-0.15, -0.1) is 0 Å². The van der Waals surface area contributed by atoms with Crippen molar-refractivity contribution < 1.29 is 0 Å². The topological polar surface area (TPSA) is 0 Å². The standard InChI is InChI=1S/C26H54/c1-5-9-12-14-16-18-20-24-26(23-19-17-15-13-10-6-2)25(21-8-4)22-11-7-3/h25-26H,5-24H2,1-4H3. The van der Waals surface area contributed by atoms with E-state index >= 15 is 0 Å². The van der Waals surface area contributed by atoms with Crippen molar-refractivity contribution in [1.82, 2.24) is 0 Å². The molecule has 0 aromatic heterocycles.